The number of hydrogen-bond donors (Lipinski definition) is 0. The van der Waals surface area contributed by atoms with Crippen LogP contribution in [-0.4, -0.2) is 27.9 Å². The van der Waals surface area contributed by atoms with Crippen LogP contribution in [0.5, 0.6) is 0 Å². The number of nitrogens with zero attached hydrogens (tertiary/aromatic N) is 3. The van der Waals surface area contributed by atoms with E-state index >= 15 is 0 Å². The highest BCUT2D eigenvalue weighted by Crippen LogP contribution is 2.33. The van der Waals surface area contributed by atoms with Gasteiger partial charge in [0.2, 0.25) is 0 Å². The first-order valence-electron chi connectivity index (χ1n) is 7.67. The number of aliphatic imine (C=N–C) groups is 1. The van der Waals surface area contributed by atoms with Gasteiger partial charge in [0.05, 0.1) is 24.3 Å². The summed E-state index contributed by atoms with van der Waals surface area (Å²) in [5.41, 5.74) is -0.737. The highest BCUT2D eigenvalue weighted by atomic mass is 19.2. The van der Waals surface area contributed by atoms with Crippen LogP contribution in [-0.2, 0) is 23.6 Å². The molecule has 0 radical (unpaired) electrons. The van der Waals surface area contributed by atoms with E-state index in [1.54, 1.807) is 0 Å². The number of halogens is 2. The highest BCUT2D eigenvalue weighted by molar-refractivity contribution is 6.06. The number of carbonyl (C=O) groups is 1. The van der Waals surface area contributed by atoms with Crippen LogP contribution in [0.4, 0.5) is 14.6 Å². The maximum absolute atomic E-state index is 13.6. The first kappa shape index (κ1) is 17.7. The average Bonchev–Trinajstić information content (AvgIpc) is 2.65. The largest absolute Gasteiger partial charge is 0.469 e. The van der Waals surface area contributed by atoms with Crippen LogP contribution >= 0.6 is 0 Å². The molecule has 1 unspecified atom stereocenters. The first-order chi connectivity index (χ1) is 12.3. The van der Waals surface area contributed by atoms with E-state index in [1.807, 2.05) is 0 Å². The lowest BCUT2D eigenvalue weighted by Gasteiger charge is -2.24. The van der Waals surface area contributed by atoms with Crippen molar-refractivity contribution in [3.05, 3.63) is 61.8 Å². The molecule has 2 heterocycles. The van der Waals surface area contributed by atoms with Gasteiger partial charge in [-0.05, 0) is 17.7 Å². The minimum absolute atomic E-state index is 0.000479. The van der Waals surface area contributed by atoms with E-state index in [4.69, 9.17) is 4.74 Å². The maximum atomic E-state index is 13.6. The van der Waals surface area contributed by atoms with Crippen LogP contribution in [0, 0.1) is 11.6 Å². The number of rotatable bonds is 2. The molecule has 0 saturated carbocycles. The standard InChI is InChI=1S/C17H15F2N3O4/c1-21-14-13(15(23)22(2)17(21)25)9(16(24)26-3)7-12(20-14)8-4-5-10(18)11(19)6-8/h4-6,9H,7H2,1-3H3. The van der Waals surface area contributed by atoms with E-state index in [0.717, 1.165) is 21.3 Å². The van der Waals surface area contributed by atoms with E-state index < -0.39 is 34.8 Å². The van der Waals surface area contributed by atoms with Crippen molar-refractivity contribution in [1.82, 2.24) is 9.13 Å². The molecule has 0 amide bonds. The van der Waals surface area contributed by atoms with Crippen LogP contribution in [0.15, 0.2) is 32.8 Å². The number of hydrogen-bond acceptors (Lipinski definition) is 5. The molecule has 26 heavy (non-hydrogen) atoms. The van der Waals surface area contributed by atoms with E-state index in [1.165, 1.54) is 27.3 Å². The smallest absolute Gasteiger partial charge is 0.332 e. The van der Waals surface area contributed by atoms with Gasteiger partial charge in [-0.3, -0.25) is 18.7 Å². The van der Waals surface area contributed by atoms with E-state index in [-0.39, 0.29) is 29.1 Å². The van der Waals surface area contributed by atoms with Crippen LogP contribution in [0.1, 0.15) is 23.5 Å². The number of esters is 1. The predicted molar refractivity (Wildman–Crippen MR) is 88.9 cm³/mol. The molecule has 7 nitrogen and oxygen atoms in total. The fourth-order valence-electron chi connectivity index (χ4n) is 2.97. The van der Waals surface area contributed by atoms with Crippen molar-refractivity contribution < 1.29 is 18.3 Å². The molecule has 2 aromatic rings. The summed E-state index contributed by atoms with van der Waals surface area (Å²) >= 11 is 0. The zero-order valence-electron chi connectivity index (χ0n) is 14.2. The first-order valence-corrected chi connectivity index (χ1v) is 7.67. The number of fused-ring (bicyclic) bond motifs is 1. The molecule has 0 saturated heterocycles. The third kappa shape index (κ3) is 2.65. The molecule has 0 N–H and O–H groups in total. The Balaban J connectivity index is 2.31. The Morgan fingerprint density at radius 3 is 2.50 bits per heavy atom. The van der Waals surface area contributed by atoms with Crippen LogP contribution in [0.2, 0.25) is 0 Å². The Labute approximate surface area is 146 Å². The summed E-state index contributed by atoms with van der Waals surface area (Å²) < 4.78 is 33.6. The summed E-state index contributed by atoms with van der Waals surface area (Å²) in [7, 11) is 3.89. The molecule has 1 aliphatic heterocycles. The van der Waals surface area contributed by atoms with Gasteiger partial charge in [0.15, 0.2) is 11.6 Å². The normalized spacial score (nSPS) is 16.0. The molecule has 3 rings (SSSR count). The van der Waals surface area contributed by atoms with Gasteiger partial charge in [-0.2, -0.15) is 0 Å². The molecular formula is C17H15F2N3O4. The topological polar surface area (TPSA) is 82.7 Å². The summed E-state index contributed by atoms with van der Waals surface area (Å²) in [6.07, 6.45) is -0.0435. The Hall–Kier alpha value is -3.10. The summed E-state index contributed by atoms with van der Waals surface area (Å²) in [6, 6.07) is 3.21. The van der Waals surface area contributed by atoms with Gasteiger partial charge >= 0.3 is 11.7 Å². The van der Waals surface area contributed by atoms with Crippen LogP contribution in [0.3, 0.4) is 0 Å². The van der Waals surface area contributed by atoms with Gasteiger partial charge in [0.1, 0.15) is 5.82 Å². The predicted octanol–water partition coefficient (Wildman–Crippen LogP) is 1.14. The number of carbonyl (C=O) groups excluding carboxylic acids is 1. The van der Waals surface area contributed by atoms with Gasteiger partial charge in [-0.1, -0.05) is 6.07 Å². The van der Waals surface area contributed by atoms with Crippen molar-refractivity contribution in [1.29, 1.82) is 0 Å². The fourth-order valence-corrected chi connectivity index (χ4v) is 2.97. The SMILES string of the molecule is COC(=O)C1CC(c2ccc(F)c(F)c2)=Nc2c1c(=O)n(C)c(=O)n2C. The Morgan fingerprint density at radius 1 is 1.19 bits per heavy atom. The van der Waals surface area contributed by atoms with Crippen LogP contribution < -0.4 is 11.2 Å². The summed E-state index contributed by atoms with van der Waals surface area (Å²) in [5, 5.41) is 0. The molecule has 1 aromatic heterocycles. The summed E-state index contributed by atoms with van der Waals surface area (Å²) in [6.45, 7) is 0. The molecule has 1 aromatic carbocycles. The van der Waals surface area contributed by atoms with E-state index in [0.29, 0.717) is 0 Å². The third-order valence-corrected chi connectivity index (χ3v) is 4.39. The monoisotopic (exact) mass is 363 g/mol. The van der Waals surface area contributed by atoms with Crippen molar-refractivity contribution in [2.45, 2.75) is 12.3 Å². The molecule has 1 aliphatic rings. The van der Waals surface area contributed by atoms with Crippen molar-refractivity contribution >= 4 is 17.5 Å². The third-order valence-electron chi connectivity index (χ3n) is 4.39. The van der Waals surface area contributed by atoms with Gasteiger partial charge in [0, 0.05) is 20.5 Å². The molecule has 0 fully saturated rings. The van der Waals surface area contributed by atoms with Gasteiger partial charge in [-0.15, -0.1) is 0 Å². The lowest BCUT2D eigenvalue weighted by atomic mass is 9.89. The van der Waals surface area contributed by atoms with Crippen molar-refractivity contribution in [3.8, 4) is 0 Å². The molecule has 136 valence electrons. The Kier molecular flexibility index (Phi) is 4.31. The van der Waals surface area contributed by atoms with Crippen molar-refractivity contribution in [2.75, 3.05) is 7.11 Å². The minimum Gasteiger partial charge on any atom is -0.469 e. The number of methoxy groups -OCH3 is 1. The quantitative estimate of drug-likeness (QED) is 0.750. The maximum Gasteiger partial charge on any atom is 0.332 e. The molecular weight excluding hydrogens is 348 g/mol. The lowest BCUT2D eigenvalue weighted by Crippen LogP contribution is -2.42. The van der Waals surface area contributed by atoms with Crippen molar-refractivity contribution in [3.63, 3.8) is 0 Å². The van der Waals surface area contributed by atoms with E-state index in [2.05, 4.69) is 4.99 Å². The Morgan fingerprint density at radius 2 is 1.88 bits per heavy atom. The van der Waals surface area contributed by atoms with Crippen LogP contribution in [0.25, 0.3) is 0 Å². The number of aromatic nitrogens is 2. The van der Waals surface area contributed by atoms with E-state index in [9.17, 15) is 23.2 Å². The second-order valence-electron chi connectivity index (χ2n) is 5.91. The summed E-state index contributed by atoms with van der Waals surface area (Å²) in [4.78, 5) is 41.2. The van der Waals surface area contributed by atoms with Crippen molar-refractivity contribution in [2.24, 2.45) is 19.1 Å². The second-order valence-corrected chi connectivity index (χ2v) is 5.91. The number of ether oxygens (including phenoxy) is 1. The highest BCUT2D eigenvalue weighted by Gasteiger charge is 2.35. The number of benzene rings is 1. The summed E-state index contributed by atoms with van der Waals surface area (Å²) in [5.74, 6) is -3.78. The molecule has 0 spiro atoms. The van der Waals surface area contributed by atoms with Gasteiger partial charge in [-0.25, -0.2) is 18.6 Å². The molecule has 0 bridgehead atoms. The second kappa shape index (κ2) is 6.32. The minimum atomic E-state index is -1.07. The van der Waals surface area contributed by atoms with Gasteiger partial charge < -0.3 is 4.74 Å². The zero-order chi connectivity index (χ0) is 19.2. The fraction of sp³-hybridized carbons (Fsp3) is 0.294. The lowest BCUT2D eigenvalue weighted by molar-refractivity contribution is -0.142. The zero-order valence-corrected chi connectivity index (χ0v) is 14.2. The molecule has 9 heteroatoms. The Bertz CT molecular complexity index is 1070. The molecule has 1 atom stereocenters. The molecule has 0 aliphatic carbocycles. The average molecular weight is 363 g/mol. The van der Waals surface area contributed by atoms with Gasteiger partial charge in [0.25, 0.3) is 5.56 Å².